The van der Waals surface area contributed by atoms with Crippen molar-refractivity contribution in [1.29, 1.82) is 0 Å². The molecular formula is C11H14N2S. The van der Waals surface area contributed by atoms with Crippen LogP contribution < -0.4 is 0 Å². The molecular weight excluding hydrogens is 192 g/mol. The Labute approximate surface area is 88.2 Å². The van der Waals surface area contributed by atoms with Crippen LogP contribution in [0.15, 0.2) is 29.8 Å². The van der Waals surface area contributed by atoms with Crippen LogP contribution in [-0.2, 0) is 5.54 Å². The van der Waals surface area contributed by atoms with E-state index < -0.39 is 0 Å². The van der Waals surface area contributed by atoms with Crippen molar-refractivity contribution in [2.24, 2.45) is 0 Å². The van der Waals surface area contributed by atoms with Crippen LogP contribution >= 0.6 is 11.3 Å². The predicted octanol–water partition coefficient (Wildman–Crippen LogP) is 3.37. The minimum Gasteiger partial charge on any atom is -0.259 e. The maximum atomic E-state index is 4.37. The fourth-order valence-electron chi connectivity index (χ4n) is 1.45. The van der Waals surface area contributed by atoms with E-state index in [0.717, 1.165) is 0 Å². The predicted molar refractivity (Wildman–Crippen MR) is 60.5 cm³/mol. The summed E-state index contributed by atoms with van der Waals surface area (Å²) in [5.74, 6) is 0. The summed E-state index contributed by atoms with van der Waals surface area (Å²) in [4.78, 5) is 1.28. The summed E-state index contributed by atoms with van der Waals surface area (Å²) in [5.41, 5.74) is 1.25. The molecule has 0 bridgehead atoms. The van der Waals surface area contributed by atoms with E-state index in [9.17, 15) is 0 Å². The molecule has 0 aliphatic carbocycles. The molecule has 0 spiro atoms. The van der Waals surface area contributed by atoms with Gasteiger partial charge in [0.1, 0.15) is 0 Å². The minimum absolute atomic E-state index is 0.0445. The van der Waals surface area contributed by atoms with Gasteiger partial charge in [0.05, 0.1) is 16.1 Å². The number of hydrogen-bond donors (Lipinski definition) is 0. The lowest BCUT2D eigenvalue weighted by Gasteiger charge is -2.21. The van der Waals surface area contributed by atoms with E-state index in [1.54, 1.807) is 11.3 Å². The normalized spacial score (nSPS) is 11.9. The molecule has 0 unspecified atom stereocenters. The first kappa shape index (κ1) is 9.46. The summed E-state index contributed by atoms with van der Waals surface area (Å²) in [6.45, 7) is 6.49. The Morgan fingerprint density at radius 1 is 1.29 bits per heavy atom. The quantitative estimate of drug-likeness (QED) is 0.699. The molecule has 0 aromatic carbocycles. The Morgan fingerprint density at radius 2 is 2.07 bits per heavy atom. The second-order valence-electron chi connectivity index (χ2n) is 4.28. The van der Waals surface area contributed by atoms with Gasteiger partial charge in [0.25, 0.3) is 0 Å². The lowest BCUT2D eigenvalue weighted by Crippen LogP contribution is -2.23. The second kappa shape index (κ2) is 3.24. The number of rotatable bonds is 1. The molecule has 2 heterocycles. The monoisotopic (exact) mass is 206 g/mol. The summed E-state index contributed by atoms with van der Waals surface area (Å²) in [6.07, 6.45) is 1.86. The third-order valence-electron chi connectivity index (χ3n) is 2.05. The summed E-state index contributed by atoms with van der Waals surface area (Å²) in [7, 11) is 0. The lowest BCUT2D eigenvalue weighted by atomic mass is 10.1. The van der Waals surface area contributed by atoms with Gasteiger partial charge in [-0.1, -0.05) is 6.07 Å². The van der Waals surface area contributed by atoms with Gasteiger partial charge in [0.15, 0.2) is 0 Å². The second-order valence-corrected chi connectivity index (χ2v) is 5.22. The third-order valence-corrected chi connectivity index (χ3v) is 2.94. The Morgan fingerprint density at radius 3 is 2.64 bits per heavy atom. The van der Waals surface area contributed by atoms with E-state index in [4.69, 9.17) is 0 Å². The number of nitrogens with zero attached hydrogens (tertiary/aromatic N) is 2. The molecule has 2 aromatic heterocycles. The van der Waals surface area contributed by atoms with Crippen LogP contribution in [0.1, 0.15) is 20.8 Å². The van der Waals surface area contributed by atoms with E-state index in [0.29, 0.717) is 0 Å². The molecule has 0 aliphatic rings. The molecule has 0 saturated heterocycles. The van der Waals surface area contributed by atoms with Crippen molar-refractivity contribution in [3.8, 4) is 10.6 Å². The van der Waals surface area contributed by atoms with Crippen molar-refractivity contribution < 1.29 is 0 Å². The van der Waals surface area contributed by atoms with Crippen LogP contribution in [0.25, 0.3) is 10.6 Å². The van der Waals surface area contributed by atoms with Gasteiger partial charge < -0.3 is 0 Å². The Kier molecular flexibility index (Phi) is 2.19. The van der Waals surface area contributed by atoms with Gasteiger partial charge in [-0.2, -0.15) is 5.10 Å². The highest BCUT2D eigenvalue weighted by Gasteiger charge is 2.18. The van der Waals surface area contributed by atoms with E-state index >= 15 is 0 Å². The molecule has 0 amide bonds. The molecule has 0 radical (unpaired) electrons. The first-order chi connectivity index (χ1) is 6.59. The largest absolute Gasteiger partial charge is 0.259 e. The molecule has 2 aromatic rings. The summed E-state index contributed by atoms with van der Waals surface area (Å²) >= 11 is 1.75. The van der Waals surface area contributed by atoms with Crippen LogP contribution in [-0.4, -0.2) is 9.78 Å². The molecule has 74 valence electrons. The minimum atomic E-state index is 0.0445. The molecule has 0 atom stereocenters. The van der Waals surface area contributed by atoms with Crippen LogP contribution in [0, 0.1) is 0 Å². The van der Waals surface area contributed by atoms with Crippen LogP contribution in [0.3, 0.4) is 0 Å². The highest BCUT2D eigenvalue weighted by Crippen LogP contribution is 2.28. The fraction of sp³-hybridized carbons (Fsp3) is 0.364. The van der Waals surface area contributed by atoms with E-state index in [1.807, 2.05) is 6.20 Å². The smallest absolute Gasteiger partial charge is 0.0788 e. The number of thiophene rings is 1. The lowest BCUT2D eigenvalue weighted by molar-refractivity contribution is 0.360. The molecule has 0 saturated carbocycles. The first-order valence-electron chi connectivity index (χ1n) is 4.67. The zero-order chi connectivity index (χ0) is 10.2. The van der Waals surface area contributed by atoms with E-state index in [-0.39, 0.29) is 5.54 Å². The SMILES string of the molecule is CC(C)(C)n1nccc1-c1cccs1. The zero-order valence-corrected chi connectivity index (χ0v) is 9.51. The van der Waals surface area contributed by atoms with Crippen molar-refractivity contribution in [2.75, 3.05) is 0 Å². The van der Waals surface area contributed by atoms with Crippen molar-refractivity contribution in [3.63, 3.8) is 0 Å². The molecule has 2 nitrogen and oxygen atoms in total. The summed E-state index contributed by atoms with van der Waals surface area (Å²) in [6, 6.07) is 6.26. The maximum Gasteiger partial charge on any atom is 0.0788 e. The fourth-order valence-corrected chi connectivity index (χ4v) is 2.18. The topological polar surface area (TPSA) is 17.8 Å². The van der Waals surface area contributed by atoms with E-state index in [1.165, 1.54) is 10.6 Å². The summed E-state index contributed by atoms with van der Waals surface area (Å²) < 4.78 is 2.07. The van der Waals surface area contributed by atoms with Gasteiger partial charge in [0, 0.05) is 6.20 Å². The van der Waals surface area contributed by atoms with Crippen molar-refractivity contribution in [3.05, 3.63) is 29.8 Å². The highest BCUT2D eigenvalue weighted by atomic mass is 32.1. The van der Waals surface area contributed by atoms with Gasteiger partial charge in [-0.05, 0) is 38.3 Å². The van der Waals surface area contributed by atoms with Crippen LogP contribution in [0.5, 0.6) is 0 Å². The highest BCUT2D eigenvalue weighted by molar-refractivity contribution is 7.13. The van der Waals surface area contributed by atoms with Crippen molar-refractivity contribution in [2.45, 2.75) is 26.3 Å². The Balaban J connectivity index is 2.51. The summed E-state index contributed by atoms with van der Waals surface area (Å²) in [5, 5.41) is 6.46. The standard InChI is InChI=1S/C11H14N2S/c1-11(2,3)13-9(6-7-12-13)10-5-4-8-14-10/h4-8H,1-3H3. The van der Waals surface area contributed by atoms with Gasteiger partial charge in [0.2, 0.25) is 0 Å². The zero-order valence-electron chi connectivity index (χ0n) is 8.69. The molecule has 14 heavy (non-hydrogen) atoms. The number of hydrogen-bond acceptors (Lipinski definition) is 2. The van der Waals surface area contributed by atoms with Crippen molar-refractivity contribution >= 4 is 11.3 Å². The van der Waals surface area contributed by atoms with Crippen LogP contribution in [0.2, 0.25) is 0 Å². The maximum absolute atomic E-state index is 4.37. The van der Waals surface area contributed by atoms with Crippen LogP contribution in [0.4, 0.5) is 0 Å². The molecule has 2 rings (SSSR count). The van der Waals surface area contributed by atoms with Crippen molar-refractivity contribution in [1.82, 2.24) is 9.78 Å². The van der Waals surface area contributed by atoms with Gasteiger partial charge in [-0.3, -0.25) is 4.68 Å². The Hall–Kier alpha value is -1.09. The molecule has 0 N–H and O–H groups in total. The van der Waals surface area contributed by atoms with Gasteiger partial charge >= 0.3 is 0 Å². The van der Waals surface area contributed by atoms with Gasteiger partial charge in [-0.15, -0.1) is 11.3 Å². The molecule has 0 aliphatic heterocycles. The molecule has 3 heteroatoms. The molecule has 0 fully saturated rings. The average Bonchev–Trinajstić information content (AvgIpc) is 2.73. The third kappa shape index (κ3) is 1.60. The van der Waals surface area contributed by atoms with Gasteiger partial charge in [-0.25, -0.2) is 0 Å². The Bertz CT molecular complexity index is 407. The van der Waals surface area contributed by atoms with E-state index in [2.05, 4.69) is 54.1 Å². The average molecular weight is 206 g/mol. The first-order valence-corrected chi connectivity index (χ1v) is 5.55. The number of aromatic nitrogens is 2.